The molecule has 1 aromatic rings. The molecule has 1 N–H and O–H groups in total. The highest BCUT2D eigenvalue weighted by Gasteiger charge is 2.16. The number of benzene rings is 1. The van der Waals surface area contributed by atoms with E-state index in [1.165, 1.54) is 55.5 Å². The van der Waals surface area contributed by atoms with E-state index in [9.17, 15) is 0 Å². The average Bonchev–Trinajstić information content (AvgIpc) is 3.01. The third-order valence-corrected chi connectivity index (χ3v) is 5.78. The van der Waals surface area contributed by atoms with E-state index >= 15 is 0 Å². The Bertz CT molecular complexity index is 431. The Morgan fingerprint density at radius 1 is 1.00 bits per heavy atom. The maximum Gasteiger partial charge on any atom is 0.0341 e. The van der Waals surface area contributed by atoms with Gasteiger partial charge in [0.1, 0.15) is 0 Å². The number of hydrogen-bond donors (Lipinski definition) is 1. The molecule has 0 heterocycles. The van der Waals surface area contributed by atoms with Gasteiger partial charge in [-0.2, -0.15) is 0 Å². The van der Waals surface area contributed by atoms with Crippen LogP contribution in [0.3, 0.4) is 0 Å². The van der Waals surface area contributed by atoms with Crippen molar-refractivity contribution in [1.82, 2.24) is 0 Å². The Morgan fingerprint density at radius 3 is 2.50 bits per heavy atom. The smallest absolute Gasteiger partial charge is 0.0341 e. The van der Waals surface area contributed by atoms with Crippen LogP contribution in [0.15, 0.2) is 41.3 Å². The van der Waals surface area contributed by atoms with Gasteiger partial charge in [-0.1, -0.05) is 25.0 Å². The average molecular weight is 287 g/mol. The van der Waals surface area contributed by atoms with Crippen LogP contribution in [-0.2, 0) is 0 Å². The SMILES string of the molecule is C1=CCC(CNc2ccc(SC3CCCC3)cc2)CC1. The van der Waals surface area contributed by atoms with Crippen LogP contribution in [0.2, 0.25) is 0 Å². The van der Waals surface area contributed by atoms with Gasteiger partial charge in [-0.25, -0.2) is 0 Å². The van der Waals surface area contributed by atoms with E-state index in [0.717, 1.165) is 17.7 Å². The highest BCUT2D eigenvalue weighted by molar-refractivity contribution is 8.00. The summed E-state index contributed by atoms with van der Waals surface area (Å²) < 4.78 is 0. The van der Waals surface area contributed by atoms with Crippen molar-refractivity contribution in [3.8, 4) is 0 Å². The summed E-state index contributed by atoms with van der Waals surface area (Å²) in [7, 11) is 0. The van der Waals surface area contributed by atoms with Gasteiger partial charge in [0.25, 0.3) is 0 Å². The molecule has 0 radical (unpaired) electrons. The lowest BCUT2D eigenvalue weighted by Gasteiger charge is -2.19. The van der Waals surface area contributed by atoms with E-state index in [1.54, 1.807) is 0 Å². The number of allylic oxidation sites excluding steroid dienone is 2. The van der Waals surface area contributed by atoms with Gasteiger partial charge < -0.3 is 5.32 Å². The molecule has 2 heteroatoms. The molecule has 1 aromatic carbocycles. The largest absolute Gasteiger partial charge is 0.385 e. The summed E-state index contributed by atoms with van der Waals surface area (Å²) in [6, 6.07) is 9.06. The second-order valence-electron chi connectivity index (χ2n) is 6.08. The zero-order chi connectivity index (χ0) is 13.6. The molecule has 0 bridgehead atoms. The summed E-state index contributed by atoms with van der Waals surface area (Å²) >= 11 is 2.07. The molecule has 3 rings (SSSR count). The van der Waals surface area contributed by atoms with Crippen LogP contribution in [-0.4, -0.2) is 11.8 Å². The Hall–Kier alpha value is -0.890. The predicted octanol–water partition coefficient (Wildman–Crippen LogP) is 5.49. The molecule has 1 unspecified atom stereocenters. The van der Waals surface area contributed by atoms with Crippen LogP contribution in [0.4, 0.5) is 5.69 Å². The first-order chi connectivity index (χ1) is 9.90. The highest BCUT2D eigenvalue weighted by atomic mass is 32.2. The molecule has 20 heavy (non-hydrogen) atoms. The van der Waals surface area contributed by atoms with Crippen molar-refractivity contribution in [3.63, 3.8) is 0 Å². The maximum absolute atomic E-state index is 3.59. The zero-order valence-electron chi connectivity index (χ0n) is 12.2. The molecular weight excluding hydrogens is 262 g/mol. The normalized spacial score (nSPS) is 23.1. The van der Waals surface area contributed by atoms with Gasteiger partial charge in [-0.15, -0.1) is 11.8 Å². The van der Waals surface area contributed by atoms with Crippen LogP contribution in [0, 0.1) is 5.92 Å². The minimum Gasteiger partial charge on any atom is -0.385 e. The van der Waals surface area contributed by atoms with Crippen molar-refractivity contribution < 1.29 is 0 Å². The van der Waals surface area contributed by atoms with Crippen molar-refractivity contribution in [2.75, 3.05) is 11.9 Å². The summed E-state index contributed by atoms with van der Waals surface area (Å²) in [5, 5.41) is 4.46. The summed E-state index contributed by atoms with van der Waals surface area (Å²) in [4.78, 5) is 1.43. The molecular formula is C18H25NS. The molecule has 2 aliphatic carbocycles. The van der Waals surface area contributed by atoms with Gasteiger partial charge >= 0.3 is 0 Å². The Balaban J connectivity index is 1.46. The van der Waals surface area contributed by atoms with Crippen LogP contribution in [0.25, 0.3) is 0 Å². The second kappa shape index (κ2) is 7.21. The predicted molar refractivity (Wildman–Crippen MR) is 89.5 cm³/mol. The van der Waals surface area contributed by atoms with Crippen molar-refractivity contribution in [2.24, 2.45) is 5.92 Å². The molecule has 0 saturated heterocycles. The number of hydrogen-bond acceptors (Lipinski definition) is 2. The van der Waals surface area contributed by atoms with Gasteiger partial charge in [0.05, 0.1) is 0 Å². The fraction of sp³-hybridized carbons (Fsp3) is 0.556. The number of anilines is 1. The van der Waals surface area contributed by atoms with Crippen molar-refractivity contribution in [1.29, 1.82) is 0 Å². The molecule has 0 spiro atoms. The van der Waals surface area contributed by atoms with Crippen molar-refractivity contribution in [3.05, 3.63) is 36.4 Å². The molecule has 0 aromatic heterocycles. The van der Waals surface area contributed by atoms with Gasteiger partial charge in [0, 0.05) is 22.4 Å². The first-order valence-electron chi connectivity index (χ1n) is 8.06. The van der Waals surface area contributed by atoms with E-state index in [2.05, 4.69) is 53.5 Å². The van der Waals surface area contributed by atoms with E-state index in [-0.39, 0.29) is 0 Å². The molecule has 1 atom stereocenters. The fourth-order valence-electron chi connectivity index (χ4n) is 3.15. The molecule has 1 fully saturated rings. The van der Waals surface area contributed by atoms with Crippen LogP contribution >= 0.6 is 11.8 Å². The van der Waals surface area contributed by atoms with E-state index in [1.807, 2.05) is 0 Å². The second-order valence-corrected chi connectivity index (χ2v) is 7.45. The quantitative estimate of drug-likeness (QED) is 0.719. The lowest BCUT2D eigenvalue weighted by atomic mass is 9.94. The van der Waals surface area contributed by atoms with Gasteiger partial charge in [0.15, 0.2) is 0 Å². The summed E-state index contributed by atoms with van der Waals surface area (Å²) in [5.74, 6) is 0.813. The summed E-state index contributed by atoms with van der Waals surface area (Å²) in [6.07, 6.45) is 14.1. The lowest BCUT2D eigenvalue weighted by molar-refractivity contribution is 0.504. The van der Waals surface area contributed by atoms with E-state index in [0.29, 0.717) is 0 Å². The molecule has 0 aliphatic heterocycles. The monoisotopic (exact) mass is 287 g/mol. The van der Waals surface area contributed by atoms with Crippen LogP contribution < -0.4 is 5.32 Å². The molecule has 0 amide bonds. The van der Waals surface area contributed by atoms with Crippen molar-refractivity contribution in [2.45, 2.75) is 55.1 Å². The van der Waals surface area contributed by atoms with E-state index in [4.69, 9.17) is 0 Å². The first kappa shape index (κ1) is 14.1. The third-order valence-electron chi connectivity index (χ3n) is 4.43. The van der Waals surface area contributed by atoms with Crippen LogP contribution in [0.1, 0.15) is 44.9 Å². The third kappa shape index (κ3) is 4.05. The Kier molecular flexibility index (Phi) is 5.07. The van der Waals surface area contributed by atoms with Crippen LogP contribution in [0.5, 0.6) is 0 Å². The van der Waals surface area contributed by atoms with E-state index < -0.39 is 0 Å². The lowest BCUT2D eigenvalue weighted by Crippen LogP contribution is -2.15. The van der Waals surface area contributed by atoms with Gasteiger partial charge in [0.2, 0.25) is 0 Å². The fourth-order valence-corrected chi connectivity index (χ4v) is 4.40. The summed E-state index contributed by atoms with van der Waals surface area (Å²) in [5.41, 5.74) is 1.27. The van der Waals surface area contributed by atoms with Crippen molar-refractivity contribution >= 4 is 17.4 Å². The maximum atomic E-state index is 3.59. The van der Waals surface area contributed by atoms with Gasteiger partial charge in [-0.05, 0) is 62.3 Å². The van der Waals surface area contributed by atoms with Gasteiger partial charge in [-0.3, -0.25) is 0 Å². The minimum atomic E-state index is 0.813. The molecule has 2 aliphatic rings. The number of rotatable bonds is 5. The topological polar surface area (TPSA) is 12.0 Å². The minimum absolute atomic E-state index is 0.813. The zero-order valence-corrected chi connectivity index (χ0v) is 13.0. The standard InChI is InChI=1S/C18H25NS/c1-2-6-15(7-3-1)14-19-16-10-12-18(13-11-16)20-17-8-4-5-9-17/h1-2,10-13,15,17,19H,3-9,14H2. The molecule has 1 saturated carbocycles. The molecule has 108 valence electrons. The Morgan fingerprint density at radius 2 is 1.80 bits per heavy atom. The first-order valence-corrected chi connectivity index (χ1v) is 8.94. The Labute approximate surface area is 127 Å². The molecule has 1 nitrogen and oxygen atoms in total. The highest BCUT2D eigenvalue weighted by Crippen LogP contribution is 2.35. The number of nitrogens with one attached hydrogen (secondary N) is 1. The number of thioether (sulfide) groups is 1. The summed E-state index contributed by atoms with van der Waals surface area (Å²) in [6.45, 7) is 1.11.